The molecule has 5 heteroatoms. The molecule has 3 nitrogen and oxygen atoms in total. The third-order valence-electron chi connectivity index (χ3n) is 2.47. The predicted molar refractivity (Wildman–Crippen MR) is 69.4 cm³/mol. The summed E-state index contributed by atoms with van der Waals surface area (Å²) in [6.07, 6.45) is 5.30. The molecule has 0 aliphatic rings. The van der Waals surface area contributed by atoms with E-state index < -0.39 is 0 Å². The second-order valence-corrected chi connectivity index (χ2v) is 5.04. The van der Waals surface area contributed by atoms with E-state index in [4.69, 9.17) is 11.6 Å². The number of halogens is 1. The van der Waals surface area contributed by atoms with Crippen LogP contribution in [0.3, 0.4) is 0 Å². The molecule has 88 valence electrons. The summed E-state index contributed by atoms with van der Waals surface area (Å²) in [4.78, 5) is 7.99. The summed E-state index contributed by atoms with van der Waals surface area (Å²) in [5, 5.41) is 2.05. The molecule has 0 spiro atoms. The predicted octanol–water partition coefficient (Wildman–Crippen LogP) is 2.85. The van der Waals surface area contributed by atoms with Gasteiger partial charge in [-0.25, -0.2) is 4.98 Å². The van der Waals surface area contributed by atoms with Gasteiger partial charge < -0.3 is 0 Å². The van der Waals surface area contributed by atoms with E-state index in [1.54, 1.807) is 11.3 Å². The maximum Gasteiger partial charge on any atom is 0.193 e. The Morgan fingerprint density at radius 2 is 2.38 bits per heavy atom. The van der Waals surface area contributed by atoms with Gasteiger partial charge in [0.1, 0.15) is 0 Å². The van der Waals surface area contributed by atoms with Crippen LogP contribution >= 0.6 is 22.9 Å². The number of fused-ring (bicyclic) bond motifs is 1. The zero-order valence-electron chi connectivity index (χ0n) is 9.40. The van der Waals surface area contributed by atoms with Crippen molar-refractivity contribution in [3.05, 3.63) is 23.5 Å². The second-order valence-electron chi connectivity index (χ2n) is 3.79. The molecule has 0 aliphatic heterocycles. The summed E-state index contributed by atoms with van der Waals surface area (Å²) in [6.45, 7) is 5.10. The molecule has 0 saturated heterocycles. The first-order valence-electron chi connectivity index (χ1n) is 5.53. The summed E-state index contributed by atoms with van der Waals surface area (Å²) >= 11 is 7.46. The Morgan fingerprint density at radius 3 is 3.06 bits per heavy atom. The first-order chi connectivity index (χ1) is 7.83. The number of thiazole rings is 1. The fourth-order valence-corrected chi connectivity index (χ4v) is 2.75. The van der Waals surface area contributed by atoms with E-state index >= 15 is 0 Å². The van der Waals surface area contributed by atoms with E-state index in [1.807, 2.05) is 6.20 Å². The van der Waals surface area contributed by atoms with Crippen molar-refractivity contribution in [2.75, 3.05) is 19.0 Å². The van der Waals surface area contributed by atoms with Gasteiger partial charge in [-0.1, -0.05) is 6.92 Å². The highest BCUT2D eigenvalue weighted by Crippen LogP contribution is 2.13. The number of alkyl halides is 1. The van der Waals surface area contributed by atoms with Crippen molar-refractivity contribution in [3.8, 4) is 0 Å². The monoisotopic (exact) mass is 257 g/mol. The smallest absolute Gasteiger partial charge is 0.193 e. The van der Waals surface area contributed by atoms with Gasteiger partial charge in [-0.3, -0.25) is 9.30 Å². The summed E-state index contributed by atoms with van der Waals surface area (Å²) in [5.41, 5.74) is 1.13. The van der Waals surface area contributed by atoms with Crippen LogP contribution in [-0.2, 0) is 6.54 Å². The van der Waals surface area contributed by atoms with Gasteiger partial charge in [-0.15, -0.1) is 22.9 Å². The molecule has 0 atom stereocenters. The highest BCUT2D eigenvalue weighted by Gasteiger charge is 2.08. The van der Waals surface area contributed by atoms with Crippen molar-refractivity contribution in [3.63, 3.8) is 0 Å². The average molecular weight is 258 g/mol. The number of hydrogen-bond donors (Lipinski definition) is 0. The van der Waals surface area contributed by atoms with Gasteiger partial charge in [0, 0.05) is 36.7 Å². The van der Waals surface area contributed by atoms with Crippen LogP contribution in [0.2, 0.25) is 0 Å². The minimum absolute atomic E-state index is 0.683. The number of hydrogen-bond acceptors (Lipinski definition) is 3. The molecule has 2 rings (SSSR count). The molecule has 2 heterocycles. The van der Waals surface area contributed by atoms with Gasteiger partial charge in [0.2, 0.25) is 0 Å². The fourth-order valence-electron chi connectivity index (χ4n) is 1.79. The number of nitrogens with zero attached hydrogens (tertiary/aromatic N) is 3. The molecule has 0 aromatic carbocycles. The van der Waals surface area contributed by atoms with Crippen LogP contribution in [0.25, 0.3) is 4.96 Å². The highest BCUT2D eigenvalue weighted by atomic mass is 35.5. The molecule has 0 aliphatic carbocycles. The van der Waals surface area contributed by atoms with E-state index in [1.165, 1.54) is 0 Å². The standard InChI is InChI=1S/C11H16ClN3S/c1-2-4-14(5-3-12)8-10-9-15-6-7-16-11(15)13-10/h6-7,9H,2-5,8H2,1H3. The Kier molecular flexibility index (Phi) is 4.21. The molecule has 0 N–H and O–H groups in total. The Balaban J connectivity index is 2.03. The van der Waals surface area contributed by atoms with Crippen molar-refractivity contribution in [2.24, 2.45) is 0 Å². The minimum atomic E-state index is 0.683. The summed E-state index contributed by atoms with van der Waals surface area (Å²) in [6, 6.07) is 0. The Hall–Kier alpha value is -0.580. The van der Waals surface area contributed by atoms with Gasteiger partial charge in [-0.05, 0) is 13.0 Å². The lowest BCUT2D eigenvalue weighted by molar-refractivity contribution is 0.279. The molecule has 0 amide bonds. The number of aromatic nitrogens is 2. The molecule has 16 heavy (non-hydrogen) atoms. The van der Waals surface area contributed by atoms with Gasteiger partial charge in [-0.2, -0.15) is 0 Å². The molecule has 2 aromatic rings. The zero-order chi connectivity index (χ0) is 11.4. The van der Waals surface area contributed by atoms with E-state index in [-0.39, 0.29) is 0 Å². The average Bonchev–Trinajstić information content (AvgIpc) is 2.78. The van der Waals surface area contributed by atoms with E-state index in [0.717, 1.165) is 36.7 Å². The molecule has 0 bridgehead atoms. The molecular weight excluding hydrogens is 242 g/mol. The maximum atomic E-state index is 5.79. The molecule has 0 saturated carbocycles. The molecule has 0 unspecified atom stereocenters. The first-order valence-corrected chi connectivity index (χ1v) is 6.94. The Bertz CT molecular complexity index is 403. The third kappa shape index (κ3) is 2.75. The molecule has 2 aromatic heterocycles. The minimum Gasteiger partial charge on any atom is -0.297 e. The van der Waals surface area contributed by atoms with Crippen molar-refractivity contribution in [1.29, 1.82) is 0 Å². The van der Waals surface area contributed by atoms with Crippen molar-refractivity contribution in [1.82, 2.24) is 14.3 Å². The van der Waals surface area contributed by atoms with E-state index in [2.05, 4.69) is 32.8 Å². The topological polar surface area (TPSA) is 20.5 Å². The zero-order valence-corrected chi connectivity index (χ0v) is 11.0. The van der Waals surface area contributed by atoms with E-state index in [9.17, 15) is 0 Å². The van der Waals surface area contributed by atoms with Crippen LogP contribution in [0.4, 0.5) is 0 Å². The van der Waals surface area contributed by atoms with Gasteiger partial charge in [0.05, 0.1) is 5.69 Å². The van der Waals surface area contributed by atoms with Crippen LogP contribution in [0, 0.1) is 0 Å². The largest absolute Gasteiger partial charge is 0.297 e. The summed E-state index contributed by atoms with van der Waals surface area (Å²) in [5.74, 6) is 0.683. The van der Waals surface area contributed by atoms with E-state index in [0.29, 0.717) is 5.88 Å². The van der Waals surface area contributed by atoms with Crippen LogP contribution in [0.15, 0.2) is 17.8 Å². The molecule has 0 fully saturated rings. The Labute approximate surface area is 105 Å². The molecule has 0 radical (unpaired) electrons. The molecular formula is C11H16ClN3S. The summed E-state index contributed by atoms with van der Waals surface area (Å²) in [7, 11) is 0. The van der Waals surface area contributed by atoms with Crippen molar-refractivity contribution >= 4 is 27.9 Å². The SMILES string of the molecule is CCCN(CCCl)Cc1cn2ccsc2n1. The quantitative estimate of drug-likeness (QED) is 0.742. The van der Waals surface area contributed by atoms with Gasteiger partial charge in [0.25, 0.3) is 0 Å². The highest BCUT2D eigenvalue weighted by molar-refractivity contribution is 7.15. The van der Waals surface area contributed by atoms with Crippen LogP contribution in [0.5, 0.6) is 0 Å². The number of rotatable bonds is 6. The van der Waals surface area contributed by atoms with Crippen molar-refractivity contribution in [2.45, 2.75) is 19.9 Å². The normalized spacial score (nSPS) is 11.7. The lowest BCUT2D eigenvalue weighted by Crippen LogP contribution is -2.26. The number of imidazole rings is 1. The summed E-state index contributed by atoms with van der Waals surface area (Å²) < 4.78 is 2.07. The Morgan fingerprint density at radius 1 is 1.50 bits per heavy atom. The first kappa shape index (κ1) is 11.9. The van der Waals surface area contributed by atoms with Gasteiger partial charge >= 0.3 is 0 Å². The van der Waals surface area contributed by atoms with Crippen molar-refractivity contribution < 1.29 is 0 Å². The lowest BCUT2D eigenvalue weighted by Gasteiger charge is -2.18. The maximum absolute atomic E-state index is 5.79. The van der Waals surface area contributed by atoms with Gasteiger partial charge in [0.15, 0.2) is 4.96 Å². The van der Waals surface area contributed by atoms with Crippen LogP contribution in [0.1, 0.15) is 19.0 Å². The second kappa shape index (κ2) is 5.66. The lowest BCUT2D eigenvalue weighted by atomic mass is 10.3. The van der Waals surface area contributed by atoms with Crippen LogP contribution < -0.4 is 0 Å². The fraction of sp³-hybridized carbons (Fsp3) is 0.545. The third-order valence-corrected chi connectivity index (χ3v) is 3.41. The van der Waals surface area contributed by atoms with Crippen LogP contribution in [-0.4, -0.2) is 33.3 Å².